The molecule has 2 aromatic rings. The standard InChI is InChI=1S/C15H21N3/c1-4-18-14(10-12(2)17-18)11-15(16-3)13-8-6-5-7-9-13/h5-10,15-16H,4,11H2,1-3H3. The van der Waals surface area contributed by atoms with Gasteiger partial charge in [-0.25, -0.2) is 0 Å². The van der Waals surface area contributed by atoms with Crippen molar-refractivity contribution in [3.8, 4) is 0 Å². The van der Waals surface area contributed by atoms with Crippen LogP contribution in [0.5, 0.6) is 0 Å². The molecule has 18 heavy (non-hydrogen) atoms. The lowest BCUT2D eigenvalue weighted by Gasteiger charge is -2.17. The van der Waals surface area contributed by atoms with Crippen molar-refractivity contribution in [3.63, 3.8) is 0 Å². The second kappa shape index (κ2) is 5.83. The number of nitrogens with zero attached hydrogens (tertiary/aromatic N) is 2. The van der Waals surface area contributed by atoms with Gasteiger partial charge < -0.3 is 5.32 Å². The lowest BCUT2D eigenvalue weighted by atomic mass is 10.0. The van der Waals surface area contributed by atoms with Gasteiger partial charge in [0, 0.05) is 24.7 Å². The molecule has 1 unspecified atom stereocenters. The normalized spacial score (nSPS) is 12.6. The van der Waals surface area contributed by atoms with Gasteiger partial charge in [-0.2, -0.15) is 5.10 Å². The third-order valence-corrected chi connectivity index (χ3v) is 3.25. The highest BCUT2D eigenvalue weighted by atomic mass is 15.3. The van der Waals surface area contributed by atoms with E-state index >= 15 is 0 Å². The van der Waals surface area contributed by atoms with Crippen molar-refractivity contribution < 1.29 is 0 Å². The first-order chi connectivity index (χ1) is 8.74. The van der Waals surface area contributed by atoms with Crippen molar-refractivity contribution in [1.29, 1.82) is 0 Å². The predicted octanol–water partition coefficient (Wildman–Crippen LogP) is 2.71. The Morgan fingerprint density at radius 1 is 1.28 bits per heavy atom. The van der Waals surface area contributed by atoms with E-state index < -0.39 is 0 Å². The van der Waals surface area contributed by atoms with Gasteiger partial charge in [-0.1, -0.05) is 30.3 Å². The molecule has 0 saturated heterocycles. The van der Waals surface area contributed by atoms with Gasteiger partial charge in [0.2, 0.25) is 0 Å². The number of likely N-dealkylation sites (N-methyl/N-ethyl adjacent to an activating group) is 1. The van der Waals surface area contributed by atoms with Crippen LogP contribution in [0.3, 0.4) is 0 Å². The van der Waals surface area contributed by atoms with Crippen LogP contribution >= 0.6 is 0 Å². The Labute approximate surface area is 109 Å². The van der Waals surface area contributed by atoms with Gasteiger partial charge >= 0.3 is 0 Å². The molecule has 0 amide bonds. The highest BCUT2D eigenvalue weighted by Crippen LogP contribution is 2.18. The summed E-state index contributed by atoms with van der Waals surface area (Å²) in [5.41, 5.74) is 3.70. The average molecular weight is 243 g/mol. The zero-order valence-corrected chi connectivity index (χ0v) is 11.4. The Morgan fingerprint density at radius 3 is 2.61 bits per heavy atom. The molecule has 1 atom stereocenters. The van der Waals surface area contributed by atoms with Crippen molar-refractivity contribution in [2.24, 2.45) is 0 Å². The Morgan fingerprint density at radius 2 is 2.00 bits per heavy atom. The van der Waals surface area contributed by atoms with E-state index in [0.29, 0.717) is 6.04 Å². The first kappa shape index (κ1) is 12.8. The lowest BCUT2D eigenvalue weighted by molar-refractivity contribution is 0.541. The van der Waals surface area contributed by atoms with Crippen molar-refractivity contribution in [2.75, 3.05) is 7.05 Å². The quantitative estimate of drug-likeness (QED) is 0.875. The summed E-state index contributed by atoms with van der Waals surface area (Å²) < 4.78 is 2.09. The van der Waals surface area contributed by atoms with Gasteiger partial charge in [0.15, 0.2) is 0 Å². The molecule has 3 heteroatoms. The molecular weight excluding hydrogens is 222 g/mol. The third kappa shape index (κ3) is 2.79. The zero-order chi connectivity index (χ0) is 13.0. The molecule has 0 saturated carbocycles. The second-order valence-electron chi connectivity index (χ2n) is 4.55. The minimum Gasteiger partial charge on any atom is -0.313 e. The summed E-state index contributed by atoms with van der Waals surface area (Å²) in [5.74, 6) is 0. The SMILES string of the molecule is CCn1nc(C)cc1CC(NC)c1ccccc1. The van der Waals surface area contributed by atoms with Crippen LogP contribution in [0.4, 0.5) is 0 Å². The van der Waals surface area contributed by atoms with Crippen molar-refractivity contribution in [3.05, 3.63) is 53.3 Å². The fourth-order valence-corrected chi connectivity index (χ4v) is 2.32. The van der Waals surface area contributed by atoms with E-state index in [9.17, 15) is 0 Å². The first-order valence-corrected chi connectivity index (χ1v) is 6.50. The predicted molar refractivity (Wildman–Crippen MR) is 74.6 cm³/mol. The smallest absolute Gasteiger partial charge is 0.0596 e. The Bertz CT molecular complexity index is 488. The van der Waals surface area contributed by atoms with E-state index in [2.05, 4.69) is 58.4 Å². The van der Waals surface area contributed by atoms with Crippen LogP contribution in [-0.4, -0.2) is 16.8 Å². The molecule has 0 aliphatic rings. The minimum atomic E-state index is 0.340. The maximum atomic E-state index is 4.50. The maximum absolute atomic E-state index is 4.50. The van der Waals surface area contributed by atoms with E-state index in [1.807, 2.05) is 14.0 Å². The monoisotopic (exact) mass is 243 g/mol. The zero-order valence-electron chi connectivity index (χ0n) is 11.4. The van der Waals surface area contributed by atoms with Crippen LogP contribution in [0.2, 0.25) is 0 Å². The highest BCUT2D eigenvalue weighted by Gasteiger charge is 2.13. The number of hydrogen-bond acceptors (Lipinski definition) is 2. The number of nitrogens with one attached hydrogen (secondary N) is 1. The molecule has 3 nitrogen and oxygen atoms in total. The molecule has 0 aliphatic heterocycles. The lowest BCUT2D eigenvalue weighted by Crippen LogP contribution is -2.20. The molecular formula is C15H21N3. The fourth-order valence-electron chi connectivity index (χ4n) is 2.32. The molecule has 96 valence electrons. The molecule has 0 fully saturated rings. The molecule has 0 aliphatic carbocycles. The summed E-state index contributed by atoms with van der Waals surface area (Å²) in [6, 6.07) is 13.1. The summed E-state index contributed by atoms with van der Waals surface area (Å²) >= 11 is 0. The van der Waals surface area contributed by atoms with Gasteiger partial charge in [-0.05, 0) is 32.5 Å². The topological polar surface area (TPSA) is 29.9 Å². The highest BCUT2D eigenvalue weighted by molar-refractivity contribution is 5.21. The number of hydrogen-bond donors (Lipinski definition) is 1. The second-order valence-corrected chi connectivity index (χ2v) is 4.55. The Hall–Kier alpha value is -1.61. The van der Waals surface area contributed by atoms with Gasteiger partial charge in [-0.3, -0.25) is 4.68 Å². The molecule has 2 rings (SSSR count). The van der Waals surface area contributed by atoms with Gasteiger partial charge in [0.25, 0.3) is 0 Å². The van der Waals surface area contributed by atoms with E-state index in [-0.39, 0.29) is 0 Å². The molecule has 0 spiro atoms. The van der Waals surface area contributed by atoms with E-state index in [1.165, 1.54) is 11.3 Å². The number of rotatable bonds is 5. The van der Waals surface area contributed by atoms with Crippen LogP contribution in [0.15, 0.2) is 36.4 Å². The van der Waals surface area contributed by atoms with Crippen LogP contribution in [0.1, 0.15) is 29.9 Å². The number of benzene rings is 1. The summed E-state index contributed by atoms with van der Waals surface area (Å²) in [4.78, 5) is 0. The molecule has 0 radical (unpaired) electrons. The minimum absolute atomic E-state index is 0.340. The molecule has 0 bridgehead atoms. The summed E-state index contributed by atoms with van der Waals surface area (Å²) in [5, 5.41) is 7.89. The maximum Gasteiger partial charge on any atom is 0.0596 e. The Balaban J connectivity index is 2.20. The van der Waals surface area contributed by atoms with Crippen LogP contribution in [-0.2, 0) is 13.0 Å². The fraction of sp³-hybridized carbons (Fsp3) is 0.400. The third-order valence-electron chi connectivity index (χ3n) is 3.25. The number of aryl methyl sites for hydroxylation is 2. The molecule has 1 heterocycles. The summed E-state index contributed by atoms with van der Waals surface area (Å²) in [6.07, 6.45) is 0.967. The van der Waals surface area contributed by atoms with Crippen LogP contribution in [0.25, 0.3) is 0 Å². The van der Waals surface area contributed by atoms with Gasteiger partial charge in [-0.15, -0.1) is 0 Å². The van der Waals surface area contributed by atoms with E-state index in [1.54, 1.807) is 0 Å². The largest absolute Gasteiger partial charge is 0.313 e. The van der Waals surface area contributed by atoms with Crippen molar-refractivity contribution in [1.82, 2.24) is 15.1 Å². The Kier molecular flexibility index (Phi) is 4.15. The van der Waals surface area contributed by atoms with Crippen LogP contribution in [0, 0.1) is 6.92 Å². The van der Waals surface area contributed by atoms with E-state index in [0.717, 1.165) is 18.7 Å². The van der Waals surface area contributed by atoms with Crippen LogP contribution < -0.4 is 5.32 Å². The molecule has 1 aromatic heterocycles. The summed E-state index contributed by atoms with van der Waals surface area (Å²) in [6.45, 7) is 5.10. The average Bonchev–Trinajstić information content (AvgIpc) is 2.77. The van der Waals surface area contributed by atoms with E-state index in [4.69, 9.17) is 0 Å². The number of aromatic nitrogens is 2. The first-order valence-electron chi connectivity index (χ1n) is 6.50. The van der Waals surface area contributed by atoms with Crippen molar-refractivity contribution in [2.45, 2.75) is 32.9 Å². The molecule has 1 aromatic carbocycles. The summed E-state index contributed by atoms with van der Waals surface area (Å²) in [7, 11) is 2.01. The van der Waals surface area contributed by atoms with Gasteiger partial charge in [0.05, 0.1) is 5.69 Å². The van der Waals surface area contributed by atoms with Gasteiger partial charge in [0.1, 0.15) is 0 Å². The molecule has 1 N–H and O–H groups in total. The van der Waals surface area contributed by atoms with Crippen molar-refractivity contribution >= 4 is 0 Å².